The van der Waals surface area contributed by atoms with Crippen molar-refractivity contribution in [1.82, 2.24) is 20.4 Å². The van der Waals surface area contributed by atoms with Gasteiger partial charge in [0, 0.05) is 25.2 Å². The van der Waals surface area contributed by atoms with Crippen LogP contribution >= 0.6 is 0 Å². The molecule has 0 spiro atoms. The molecule has 0 radical (unpaired) electrons. The summed E-state index contributed by atoms with van der Waals surface area (Å²) in [4.78, 5) is 28.7. The van der Waals surface area contributed by atoms with Crippen molar-refractivity contribution in [3.8, 4) is 0 Å². The fraction of sp³-hybridized carbons (Fsp3) is 0.619. The first-order valence-corrected chi connectivity index (χ1v) is 9.88. The van der Waals surface area contributed by atoms with E-state index in [1.165, 1.54) is 5.56 Å². The summed E-state index contributed by atoms with van der Waals surface area (Å²) in [5, 5.41) is 6.02. The lowest BCUT2D eigenvalue weighted by Crippen LogP contribution is -2.46. The number of rotatable bonds is 7. The van der Waals surface area contributed by atoms with Crippen molar-refractivity contribution >= 4 is 11.8 Å². The quantitative estimate of drug-likeness (QED) is 0.754. The van der Waals surface area contributed by atoms with Gasteiger partial charge in [0.05, 0.1) is 13.1 Å². The fourth-order valence-electron chi connectivity index (χ4n) is 3.25. The van der Waals surface area contributed by atoms with Crippen molar-refractivity contribution in [2.45, 2.75) is 39.2 Å². The molecule has 1 fully saturated rings. The average molecular weight is 375 g/mol. The summed E-state index contributed by atoms with van der Waals surface area (Å²) in [5.74, 6) is 0.138. The Morgan fingerprint density at radius 2 is 1.52 bits per heavy atom. The number of hydrogen-bond donors (Lipinski definition) is 2. The van der Waals surface area contributed by atoms with Crippen LogP contribution in [0.3, 0.4) is 0 Å². The summed E-state index contributed by atoms with van der Waals surface area (Å²) < 4.78 is 0. The van der Waals surface area contributed by atoms with Gasteiger partial charge >= 0.3 is 0 Å². The molecule has 27 heavy (non-hydrogen) atoms. The fourth-order valence-corrected chi connectivity index (χ4v) is 3.25. The second kappa shape index (κ2) is 10.4. The molecular weight excluding hydrogens is 340 g/mol. The highest BCUT2D eigenvalue weighted by Gasteiger charge is 2.20. The smallest absolute Gasteiger partial charge is 0.234 e. The third-order valence-electron chi connectivity index (χ3n) is 4.51. The summed E-state index contributed by atoms with van der Waals surface area (Å²) in [6.45, 7) is 10.9. The van der Waals surface area contributed by atoms with Gasteiger partial charge in [-0.2, -0.15) is 0 Å². The molecule has 1 aliphatic rings. The summed E-state index contributed by atoms with van der Waals surface area (Å²) in [6, 6.07) is 10.2. The van der Waals surface area contributed by atoms with Crippen molar-refractivity contribution < 1.29 is 9.59 Å². The van der Waals surface area contributed by atoms with Crippen molar-refractivity contribution in [1.29, 1.82) is 0 Å². The number of amides is 2. The molecule has 6 nitrogen and oxygen atoms in total. The first kappa shape index (κ1) is 21.4. The van der Waals surface area contributed by atoms with Gasteiger partial charge in [-0.1, -0.05) is 30.3 Å². The maximum Gasteiger partial charge on any atom is 0.234 e. The third-order valence-corrected chi connectivity index (χ3v) is 4.51. The molecule has 0 aliphatic carbocycles. The zero-order valence-electron chi connectivity index (χ0n) is 17.0. The van der Waals surface area contributed by atoms with E-state index >= 15 is 0 Å². The van der Waals surface area contributed by atoms with E-state index in [4.69, 9.17) is 0 Å². The van der Waals surface area contributed by atoms with E-state index in [0.29, 0.717) is 19.6 Å². The van der Waals surface area contributed by atoms with Crippen LogP contribution in [0.25, 0.3) is 0 Å². The molecule has 2 amide bonds. The van der Waals surface area contributed by atoms with Crippen LogP contribution in [0.5, 0.6) is 0 Å². The molecule has 0 atom stereocenters. The number of hydrogen-bond acceptors (Lipinski definition) is 4. The van der Waals surface area contributed by atoms with Gasteiger partial charge in [-0.05, 0) is 52.3 Å². The molecule has 6 heteroatoms. The Morgan fingerprint density at radius 3 is 2.11 bits per heavy atom. The molecule has 0 aromatic heterocycles. The number of nitrogens with zero attached hydrogens (tertiary/aromatic N) is 2. The topological polar surface area (TPSA) is 64.7 Å². The molecule has 150 valence electrons. The number of benzene rings is 1. The van der Waals surface area contributed by atoms with Crippen LogP contribution < -0.4 is 10.6 Å². The van der Waals surface area contributed by atoms with E-state index < -0.39 is 0 Å². The van der Waals surface area contributed by atoms with E-state index in [0.717, 1.165) is 39.0 Å². The lowest BCUT2D eigenvalue weighted by atomic mass is 10.1. The van der Waals surface area contributed by atoms with Crippen LogP contribution in [0.2, 0.25) is 0 Å². The van der Waals surface area contributed by atoms with E-state index in [-0.39, 0.29) is 17.4 Å². The van der Waals surface area contributed by atoms with Crippen LogP contribution in [-0.2, 0) is 16.0 Å². The molecule has 1 saturated heterocycles. The van der Waals surface area contributed by atoms with Crippen molar-refractivity contribution in [3.05, 3.63) is 35.9 Å². The standard InChI is InChI=1S/C21H34N4O2/c1-21(2,3)23-20(27)17-25-13-7-12-24(14-15-25)16-19(26)22-11-10-18-8-5-4-6-9-18/h4-6,8-9H,7,10-17H2,1-3H3,(H,22,26)(H,23,27). The van der Waals surface area contributed by atoms with Gasteiger partial charge in [-0.15, -0.1) is 0 Å². The zero-order valence-corrected chi connectivity index (χ0v) is 17.0. The summed E-state index contributed by atoms with van der Waals surface area (Å²) in [5.41, 5.74) is 1.03. The second-order valence-electron chi connectivity index (χ2n) is 8.29. The van der Waals surface area contributed by atoms with E-state index in [9.17, 15) is 9.59 Å². The van der Waals surface area contributed by atoms with E-state index in [2.05, 4.69) is 32.6 Å². The Bertz CT molecular complexity index is 598. The summed E-state index contributed by atoms with van der Waals surface area (Å²) in [7, 11) is 0. The normalized spacial score (nSPS) is 16.6. The van der Waals surface area contributed by atoms with Gasteiger partial charge in [0.25, 0.3) is 0 Å². The van der Waals surface area contributed by atoms with Gasteiger partial charge in [-0.25, -0.2) is 0 Å². The molecule has 0 unspecified atom stereocenters. The summed E-state index contributed by atoms with van der Waals surface area (Å²) in [6.07, 6.45) is 1.82. The Kier molecular flexibility index (Phi) is 8.25. The molecule has 1 heterocycles. The van der Waals surface area contributed by atoms with Gasteiger partial charge < -0.3 is 10.6 Å². The minimum atomic E-state index is -0.202. The highest BCUT2D eigenvalue weighted by atomic mass is 16.2. The molecule has 1 aliphatic heterocycles. The summed E-state index contributed by atoms with van der Waals surface area (Å²) >= 11 is 0. The lowest BCUT2D eigenvalue weighted by molar-refractivity contribution is -0.124. The first-order chi connectivity index (χ1) is 12.8. The molecule has 1 aromatic carbocycles. The third kappa shape index (κ3) is 9.02. The Morgan fingerprint density at radius 1 is 0.926 bits per heavy atom. The number of carbonyl (C=O) groups excluding carboxylic acids is 2. The maximum atomic E-state index is 12.2. The van der Waals surface area contributed by atoms with Crippen LogP contribution in [0.1, 0.15) is 32.8 Å². The molecular formula is C21H34N4O2. The predicted octanol–water partition coefficient (Wildman–Crippen LogP) is 1.27. The molecule has 0 saturated carbocycles. The van der Waals surface area contributed by atoms with Crippen molar-refractivity contribution in [2.24, 2.45) is 0 Å². The number of carbonyl (C=O) groups is 2. The van der Waals surface area contributed by atoms with Crippen LogP contribution in [0.4, 0.5) is 0 Å². The second-order valence-corrected chi connectivity index (χ2v) is 8.29. The SMILES string of the molecule is CC(C)(C)NC(=O)CN1CCCN(CC(=O)NCCc2ccccc2)CC1. The van der Waals surface area contributed by atoms with Gasteiger partial charge in [-0.3, -0.25) is 19.4 Å². The largest absolute Gasteiger partial charge is 0.355 e. The Hall–Kier alpha value is -1.92. The van der Waals surface area contributed by atoms with Gasteiger partial charge in [0.1, 0.15) is 0 Å². The minimum absolute atomic E-state index is 0.0644. The Balaban J connectivity index is 1.66. The first-order valence-electron chi connectivity index (χ1n) is 9.88. The molecule has 1 aromatic rings. The van der Waals surface area contributed by atoms with Crippen molar-refractivity contribution in [3.63, 3.8) is 0 Å². The maximum absolute atomic E-state index is 12.2. The van der Waals surface area contributed by atoms with Crippen LogP contribution in [-0.4, -0.2) is 73.0 Å². The predicted molar refractivity (Wildman–Crippen MR) is 109 cm³/mol. The van der Waals surface area contributed by atoms with Crippen LogP contribution in [0.15, 0.2) is 30.3 Å². The zero-order chi connectivity index (χ0) is 19.7. The van der Waals surface area contributed by atoms with Gasteiger partial charge in [0.2, 0.25) is 11.8 Å². The molecule has 2 N–H and O–H groups in total. The van der Waals surface area contributed by atoms with Crippen molar-refractivity contribution in [2.75, 3.05) is 45.8 Å². The molecule has 2 rings (SSSR count). The average Bonchev–Trinajstić information content (AvgIpc) is 2.79. The van der Waals surface area contributed by atoms with Crippen LogP contribution in [0, 0.1) is 0 Å². The minimum Gasteiger partial charge on any atom is -0.355 e. The van der Waals surface area contributed by atoms with E-state index in [1.807, 2.05) is 39.0 Å². The lowest BCUT2D eigenvalue weighted by Gasteiger charge is -2.25. The highest BCUT2D eigenvalue weighted by Crippen LogP contribution is 2.04. The number of nitrogens with one attached hydrogen (secondary N) is 2. The Labute approximate surface area is 163 Å². The molecule has 0 bridgehead atoms. The monoisotopic (exact) mass is 374 g/mol. The van der Waals surface area contributed by atoms with Gasteiger partial charge in [0.15, 0.2) is 0 Å². The van der Waals surface area contributed by atoms with E-state index in [1.54, 1.807) is 0 Å². The highest BCUT2D eigenvalue weighted by molar-refractivity contribution is 5.79.